The molecule has 4 heteroatoms. The summed E-state index contributed by atoms with van der Waals surface area (Å²) in [5.41, 5.74) is 6.37. The Morgan fingerprint density at radius 1 is 1.32 bits per heavy atom. The van der Waals surface area contributed by atoms with Crippen molar-refractivity contribution in [1.82, 2.24) is 4.90 Å². The van der Waals surface area contributed by atoms with Gasteiger partial charge in [-0.15, -0.1) is 0 Å². The smallest absolute Gasteiger partial charge is 0.142 e. The van der Waals surface area contributed by atoms with Crippen molar-refractivity contribution in [3.05, 3.63) is 24.3 Å². The van der Waals surface area contributed by atoms with Crippen LogP contribution in [0.4, 0.5) is 5.69 Å². The Kier molecular flexibility index (Phi) is 6.67. The average Bonchev–Trinajstić information content (AvgIpc) is 2.35. The summed E-state index contributed by atoms with van der Waals surface area (Å²) in [5.74, 6) is 1.31. The number of hydrogen-bond donors (Lipinski definition) is 2. The van der Waals surface area contributed by atoms with Gasteiger partial charge < -0.3 is 20.5 Å². The van der Waals surface area contributed by atoms with Gasteiger partial charge in [0.15, 0.2) is 0 Å². The molecule has 0 amide bonds. The summed E-state index contributed by atoms with van der Waals surface area (Å²) in [5, 5.41) is 9.93. The van der Waals surface area contributed by atoms with Gasteiger partial charge in [-0.25, -0.2) is 0 Å². The van der Waals surface area contributed by atoms with Gasteiger partial charge in [0.25, 0.3) is 0 Å². The highest BCUT2D eigenvalue weighted by molar-refractivity contribution is 5.51. The Bertz CT molecular complexity index is 369. The van der Waals surface area contributed by atoms with Crippen LogP contribution in [0.25, 0.3) is 0 Å². The number of ether oxygens (including phenoxy) is 1. The minimum Gasteiger partial charge on any atom is -0.489 e. The van der Waals surface area contributed by atoms with Crippen molar-refractivity contribution >= 4 is 5.69 Å². The molecular formula is C15H26N2O2. The first-order valence-corrected chi connectivity index (χ1v) is 6.83. The highest BCUT2D eigenvalue weighted by Crippen LogP contribution is 2.19. The van der Waals surface area contributed by atoms with Crippen LogP contribution < -0.4 is 10.5 Å². The van der Waals surface area contributed by atoms with E-state index in [1.807, 2.05) is 25.2 Å². The zero-order chi connectivity index (χ0) is 14.3. The van der Waals surface area contributed by atoms with Crippen LogP contribution in [0, 0.1) is 5.92 Å². The van der Waals surface area contributed by atoms with Crippen molar-refractivity contribution in [3.63, 3.8) is 0 Å². The monoisotopic (exact) mass is 266 g/mol. The van der Waals surface area contributed by atoms with E-state index in [-0.39, 0.29) is 6.61 Å². The number of nitrogens with two attached hydrogens (primary N) is 1. The summed E-state index contributed by atoms with van der Waals surface area (Å²) in [6.45, 7) is 6.26. The van der Waals surface area contributed by atoms with E-state index in [1.165, 1.54) is 0 Å². The number of para-hydroxylation sites is 2. The molecule has 1 aromatic rings. The number of anilines is 1. The zero-order valence-electron chi connectivity index (χ0n) is 12.2. The van der Waals surface area contributed by atoms with Gasteiger partial charge in [0.1, 0.15) is 18.5 Å². The van der Waals surface area contributed by atoms with Gasteiger partial charge in [0.05, 0.1) is 5.69 Å². The molecule has 4 nitrogen and oxygen atoms in total. The molecule has 0 fully saturated rings. The van der Waals surface area contributed by atoms with Crippen LogP contribution in [0.3, 0.4) is 0 Å². The van der Waals surface area contributed by atoms with Gasteiger partial charge in [-0.2, -0.15) is 0 Å². The second kappa shape index (κ2) is 8.02. The average molecular weight is 266 g/mol. The maximum Gasteiger partial charge on any atom is 0.142 e. The van der Waals surface area contributed by atoms with E-state index in [9.17, 15) is 5.11 Å². The van der Waals surface area contributed by atoms with E-state index < -0.39 is 6.10 Å². The highest BCUT2D eigenvalue weighted by atomic mass is 16.5. The molecule has 0 radical (unpaired) electrons. The molecule has 108 valence electrons. The van der Waals surface area contributed by atoms with Gasteiger partial charge in [-0.1, -0.05) is 26.0 Å². The zero-order valence-corrected chi connectivity index (χ0v) is 12.2. The predicted molar refractivity (Wildman–Crippen MR) is 79.3 cm³/mol. The molecule has 0 aliphatic heterocycles. The van der Waals surface area contributed by atoms with E-state index in [0.29, 0.717) is 23.9 Å². The van der Waals surface area contributed by atoms with Crippen LogP contribution in [0.5, 0.6) is 5.75 Å². The third-order valence-corrected chi connectivity index (χ3v) is 2.96. The Hall–Kier alpha value is -1.26. The fourth-order valence-corrected chi connectivity index (χ4v) is 1.78. The van der Waals surface area contributed by atoms with Gasteiger partial charge in [0, 0.05) is 6.54 Å². The van der Waals surface area contributed by atoms with E-state index >= 15 is 0 Å². The molecule has 0 saturated carbocycles. The second-order valence-electron chi connectivity index (χ2n) is 5.45. The van der Waals surface area contributed by atoms with Crippen molar-refractivity contribution in [2.24, 2.45) is 5.92 Å². The molecule has 0 spiro atoms. The second-order valence-corrected chi connectivity index (χ2v) is 5.45. The Balaban J connectivity index is 2.28. The Morgan fingerprint density at radius 3 is 2.63 bits per heavy atom. The van der Waals surface area contributed by atoms with E-state index in [1.54, 1.807) is 6.07 Å². The fraction of sp³-hybridized carbons (Fsp3) is 0.600. The lowest BCUT2D eigenvalue weighted by atomic mass is 10.1. The van der Waals surface area contributed by atoms with E-state index in [2.05, 4.69) is 18.7 Å². The molecule has 1 rings (SSSR count). The molecule has 0 saturated heterocycles. The lowest BCUT2D eigenvalue weighted by Crippen LogP contribution is -2.34. The summed E-state index contributed by atoms with van der Waals surface area (Å²) in [6.07, 6.45) is 0.632. The minimum absolute atomic E-state index is 0.264. The van der Waals surface area contributed by atoms with Gasteiger partial charge in [-0.3, -0.25) is 0 Å². The van der Waals surface area contributed by atoms with Gasteiger partial charge >= 0.3 is 0 Å². The quantitative estimate of drug-likeness (QED) is 0.706. The number of aliphatic hydroxyl groups is 1. The molecule has 0 aromatic heterocycles. The molecule has 0 heterocycles. The number of benzene rings is 1. The summed E-state index contributed by atoms with van der Waals surface area (Å²) in [4.78, 5) is 2.13. The van der Waals surface area contributed by atoms with Crippen LogP contribution in [0.1, 0.15) is 20.3 Å². The summed E-state index contributed by atoms with van der Waals surface area (Å²) < 4.78 is 5.52. The molecule has 1 atom stereocenters. The minimum atomic E-state index is -0.503. The standard InChI is InChI=1S/C15H26N2O2/c1-12(2)8-9-17(3)10-13(18)11-19-15-7-5-4-6-14(15)16/h4-7,12-13,18H,8-11,16H2,1-3H3. The van der Waals surface area contributed by atoms with Crippen molar-refractivity contribution in [2.45, 2.75) is 26.4 Å². The molecular weight excluding hydrogens is 240 g/mol. The lowest BCUT2D eigenvalue weighted by molar-refractivity contribution is 0.0754. The number of hydrogen-bond acceptors (Lipinski definition) is 4. The lowest BCUT2D eigenvalue weighted by Gasteiger charge is -2.21. The normalized spacial score (nSPS) is 12.9. The third kappa shape index (κ3) is 6.45. The highest BCUT2D eigenvalue weighted by Gasteiger charge is 2.10. The molecule has 1 unspecified atom stereocenters. The largest absolute Gasteiger partial charge is 0.489 e. The summed E-state index contributed by atoms with van der Waals surface area (Å²) in [6, 6.07) is 7.33. The van der Waals surface area contributed by atoms with Crippen molar-refractivity contribution in [1.29, 1.82) is 0 Å². The molecule has 1 aromatic carbocycles. The van der Waals surface area contributed by atoms with Crippen molar-refractivity contribution in [2.75, 3.05) is 32.5 Å². The first-order valence-electron chi connectivity index (χ1n) is 6.83. The topological polar surface area (TPSA) is 58.7 Å². The first kappa shape index (κ1) is 15.8. The van der Waals surface area contributed by atoms with Gasteiger partial charge in [-0.05, 0) is 38.1 Å². The fourth-order valence-electron chi connectivity index (χ4n) is 1.78. The summed E-state index contributed by atoms with van der Waals surface area (Å²) in [7, 11) is 2.02. The molecule has 0 aliphatic carbocycles. The third-order valence-electron chi connectivity index (χ3n) is 2.96. The van der Waals surface area contributed by atoms with Crippen LogP contribution in [-0.4, -0.2) is 42.9 Å². The van der Waals surface area contributed by atoms with Crippen LogP contribution in [0.15, 0.2) is 24.3 Å². The Labute approximate surface area is 116 Å². The first-order chi connectivity index (χ1) is 8.99. The maximum absolute atomic E-state index is 9.93. The van der Waals surface area contributed by atoms with Crippen LogP contribution in [0.2, 0.25) is 0 Å². The number of rotatable bonds is 8. The van der Waals surface area contributed by atoms with Crippen LogP contribution in [-0.2, 0) is 0 Å². The molecule has 3 N–H and O–H groups in total. The van der Waals surface area contributed by atoms with Crippen molar-refractivity contribution in [3.8, 4) is 5.75 Å². The number of aliphatic hydroxyl groups excluding tert-OH is 1. The summed E-state index contributed by atoms with van der Waals surface area (Å²) >= 11 is 0. The Morgan fingerprint density at radius 2 is 2.00 bits per heavy atom. The SMILES string of the molecule is CC(C)CCN(C)CC(O)COc1ccccc1N. The predicted octanol–water partition coefficient (Wildman–Crippen LogP) is 1.99. The number of nitrogen functional groups attached to an aromatic ring is 1. The molecule has 19 heavy (non-hydrogen) atoms. The number of likely N-dealkylation sites (N-methyl/N-ethyl adjacent to an activating group) is 1. The van der Waals surface area contributed by atoms with Crippen molar-refractivity contribution < 1.29 is 9.84 Å². The van der Waals surface area contributed by atoms with E-state index in [0.717, 1.165) is 13.0 Å². The number of nitrogens with zero attached hydrogens (tertiary/aromatic N) is 1. The van der Waals surface area contributed by atoms with E-state index in [4.69, 9.17) is 10.5 Å². The van der Waals surface area contributed by atoms with Gasteiger partial charge in [0.2, 0.25) is 0 Å². The maximum atomic E-state index is 9.93. The molecule has 0 aliphatic rings. The molecule has 0 bridgehead atoms. The van der Waals surface area contributed by atoms with Crippen LogP contribution >= 0.6 is 0 Å².